The van der Waals surface area contributed by atoms with E-state index in [0.29, 0.717) is 38.7 Å². The smallest absolute Gasteiger partial charge is 0.410 e. The average molecular weight is 446 g/mol. The molecular weight excluding hydrogens is 406 g/mol. The van der Waals surface area contributed by atoms with Crippen molar-refractivity contribution in [3.8, 4) is 0 Å². The van der Waals surface area contributed by atoms with Crippen LogP contribution in [0.25, 0.3) is 0 Å². The van der Waals surface area contributed by atoms with Crippen LogP contribution in [0.2, 0.25) is 0 Å². The van der Waals surface area contributed by atoms with E-state index in [4.69, 9.17) is 15.2 Å². The second-order valence-corrected chi connectivity index (χ2v) is 9.85. The van der Waals surface area contributed by atoms with Gasteiger partial charge < -0.3 is 25.0 Å². The van der Waals surface area contributed by atoms with Crippen molar-refractivity contribution in [3.63, 3.8) is 0 Å². The van der Waals surface area contributed by atoms with E-state index in [1.54, 1.807) is 4.90 Å². The quantitative estimate of drug-likeness (QED) is 0.567. The van der Waals surface area contributed by atoms with E-state index in [1.807, 2.05) is 25.7 Å². The van der Waals surface area contributed by atoms with Crippen LogP contribution in [0, 0.1) is 0 Å². The fourth-order valence-corrected chi connectivity index (χ4v) is 4.23. The molecule has 1 aromatic carbocycles. The van der Waals surface area contributed by atoms with Crippen molar-refractivity contribution in [2.45, 2.75) is 65.5 Å². The zero-order chi connectivity index (χ0) is 23.3. The molecule has 178 valence electrons. The van der Waals surface area contributed by atoms with Crippen molar-refractivity contribution < 1.29 is 14.3 Å². The van der Waals surface area contributed by atoms with Crippen molar-refractivity contribution in [1.29, 1.82) is 0 Å². The standard InChI is InChI=1S/C24H39N5O3/c1-18-15-27(16-19(2)31-18)17-21-9-7-6-8-20(21)14-26-22(25)28-10-12-29(13-11-28)23(30)32-24(3,4)5/h6-9,18-19H,10-17H2,1-5H3,(H2,25,26). The third kappa shape index (κ3) is 7.10. The molecule has 3 rings (SSSR count). The Morgan fingerprint density at radius 1 is 1.06 bits per heavy atom. The minimum atomic E-state index is -0.487. The number of aliphatic imine (C=N–C) groups is 1. The highest BCUT2D eigenvalue weighted by atomic mass is 16.6. The fourth-order valence-electron chi connectivity index (χ4n) is 4.23. The minimum absolute atomic E-state index is 0.249. The number of amides is 1. The Labute approximate surface area is 192 Å². The molecule has 2 aliphatic rings. The van der Waals surface area contributed by atoms with Gasteiger partial charge in [0.25, 0.3) is 0 Å². The Morgan fingerprint density at radius 2 is 1.62 bits per heavy atom. The average Bonchev–Trinajstić information content (AvgIpc) is 2.71. The molecule has 2 unspecified atom stereocenters. The van der Waals surface area contributed by atoms with Gasteiger partial charge in [-0.15, -0.1) is 0 Å². The lowest BCUT2D eigenvalue weighted by molar-refractivity contribution is -0.0705. The number of benzene rings is 1. The highest BCUT2D eigenvalue weighted by Crippen LogP contribution is 2.18. The summed E-state index contributed by atoms with van der Waals surface area (Å²) in [6.07, 6.45) is 0.228. The number of piperazine rings is 1. The number of nitrogens with two attached hydrogens (primary N) is 1. The lowest BCUT2D eigenvalue weighted by atomic mass is 10.1. The molecule has 0 aromatic heterocycles. The highest BCUT2D eigenvalue weighted by molar-refractivity contribution is 5.78. The first-order valence-corrected chi connectivity index (χ1v) is 11.6. The van der Waals surface area contributed by atoms with Crippen molar-refractivity contribution in [1.82, 2.24) is 14.7 Å². The molecule has 2 N–H and O–H groups in total. The van der Waals surface area contributed by atoms with Crippen LogP contribution in [-0.2, 0) is 22.6 Å². The molecule has 0 aliphatic carbocycles. The van der Waals surface area contributed by atoms with E-state index in [0.717, 1.165) is 19.6 Å². The molecule has 0 radical (unpaired) electrons. The van der Waals surface area contributed by atoms with Crippen LogP contribution in [0.1, 0.15) is 45.7 Å². The Kier molecular flexibility index (Phi) is 8.00. The normalized spacial score (nSPS) is 23.3. The fraction of sp³-hybridized carbons (Fsp3) is 0.667. The van der Waals surface area contributed by atoms with Crippen molar-refractivity contribution in [2.24, 2.45) is 10.7 Å². The number of guanidine groups is 1. The molecule has 1 amide bonds. The predicted octanol–water partition coefficient (Wildman–Crippen LogP) is 2.66. The number of ether oxygens (including phenoxy) is 2. The molecule has 8 heteroatoms. The molecule has 1 aromatic rings. The van der Waals surface area contributed by atoms with Crippen LogP contribution in [0.5, 0.6) is 0 Å². The molecule has 2 fully saturated rings. The lowest BCUT2D eigenvalue weighted by Gasteiger charge is -2.36. The summed E-state index contributed by atoms with van der Waals surface area (Å²) in [5.74, 6) is 0.525. The topological polar surface area (TPSA) is 83.6 Å². The zero-order valence-electron chi connectivity index (χ0n) is 20.2. The first-order chi connectivity index (χ1) is 15.1. The van der Waals surface area contributed by atoms with Gasteiger partial charge in [0.15, 0.2) is 5.96 Å². The molecule has 8 nitrogen and oxygen atoms in total. The van der Waals surface area contributed by atoms with E-state index in [9.17, 15) is 4.79 Å². The van der Waals surface area contributed by atoms with E-state index in [-0.39, 0.29) is 18.3 Å². The Morgan fingerprint density at radius 3 is 2.22 bits per heavy atom. The Bertz CT molecular complexity index is 789. The maximum atomic E-state index is 12.3. The van der Waals surface area contributed by atoms with Gasteiger partial charge in [-0.05, 0) is 45.7 Å². The van der Waals surface area contributed by atoms with E-state index < -0.39 is 5.60 Å². The third-order valence-corrected chi connectivity index (χ3v) is 5.67. The van der Waals surface area contributed by atoms with Crippen LogP contribution in [0.3, 0.4) is 0 Å². The summed E-state index contributed by atoms with van der Waals surface area (Å²) in [4.78, 5) is 23.1. The number of hydrogen-bond donors (Lipinski definition) is 1. The SMILES string of the molecule is CC1CN(Cc2ccccc2CN=C(N)N2CCN(C(=O)OC(C)(C)C)CC2)CC(C)O1. The second kappa shape index (κ2) is 10.5. The summed E-state index contributed by atoms with van der Waals surface area (Å²) < 4.78 is 11.3. The largest absolute Gasteiger partial charge is 0.444 e. The number of carbonyl (C=O) groups is 1. The molecule has 2 heterocycles. The van der Waals surface area contributed by atoms with Gasteiger partial charge in [0.05, 0.1) is 18.8 Å². The predicted molar refractivity (Wildman–Crippen MR) is 126 cm³/mol. The van der Waals surface area contributed by atoms with Crippen molar-refractivity contribution >= 4 is 12.1 Å². The van der Waals surface area contributed by atoms with E-state index in [1.165, 1.54) is 11.1 Å². The molecule has 0 spiro atoms. The van der Waals surface area contributed by atoms with Gasteiger partial charge in [0, 0.05) is 45.8 Å². The molecular formula is C24H39N5O3. The van der Waals surface area contributed by atoms with Crippen LogP contribution >= 0.6 is 0 Å². The van der Waals surface area contributed by atoms with Gasteiger partial charge in [-0.2, -0.15) is 0 Å². The maximum absolute atomic E-state index is 12.3. The van der Waals surface area contributed by atoms with Crippen molar-refractivity contribution in [2.75, 3.05) is 39.3 Å². The lowest BCUT2D eigenvalue weighted by Crippen LogP contribution is -2.53. The molecule has 0 bridgehead atoms. The van der Waals surface area contributed by atoms with Crippen LogP contribution in [0.4, 0.5) is 4.79 Å². The van der Waals surface area contributed by atoms with Gasteiger partial charge in [-0.1, -0.05) is 24.3 Å². The highest BCUT2D eigenvalue weighted by Gasteiger charge is 2.26. The Hall–Kier alpha value is -2.32. The number of carbonyl (C=O) groups excluding carboxylic acids is 1. The number of rotatable bonds is 4. The molecule has 0 saturated carbocycles. The summed E-state index contributed by atoms with van der Waals surface area (Å²) in [7, 11) is 0. The van der Waals surface area contributed by atoms with Gasteiger partial charge in [-0.3, -0.25) is 4.90 Å². The first-order valence-electron chi connectivity index (χ1n) is 11.6. The van der Waals surface area contributed by atoms with Gasteiger partial charge in [0.2, 0.25) is 0 Å². The first kappa shape index (κ1) is 24.3. The van der Waals surface area contributed by atoms with Crippen LogP contribution in [-0.4, -0.2) is 83.8 Å². The molecule has 2 aliphatic heterocycles. The third-order valence-electron chi connectivity index (χ3n) is 5.67. The van der Waals surface area contributed by atoms with E-state index >= 15 is 0 Å². The number of hydrogen-bond acceptors (Lipinski definition) is 5. The monoisotopic (exact) mass is 445 g/mol. The minimum Gasteiger partial charge on any atom is -0.444 e. The maximum Gasteiger partial charge on any atom is 0.410 e. The van der Waals surface area contributed by atoms with Gasteiger partial charge in [0.1, 0.15) is 5.60 Å². The summed E-state index contributed by atoms with van der Waals surface area (Å²) in [5.41, 5.74) is 8.29. The summed E-state index contributed by atoms with van der Waals surface area (Å²) >= 11 is 0. The molecule has 32 heavy (non-hydrogen) atoms. The van der Waals surface area contributed by atoms with Crippen LogP contribution < -0.4 is 5.73 Å². The van der Waals surface area contributed by atoms with Crippen LogP contribution in [0.15, 0.2) is 29.3 Å². The number of nitrogens with zero attached hydrogens (tertiary/aromatic N) is 4. The number of morpholine rings is 1. The summed E-state index contributed by atoms with van der Waals surface area (Å²) in [6, 6.07) is 8.43. The van der Waals surface area contributed by atoms with Gasteiger partial charge >= 0.3 is 6.09 Å². The second-order valence-electron chi connectivity index (χ2n) is 9.85. The van der Waals surface area contributed by atoms with E-state index in [2.05, 4.69) is 48.0 Å². The summed E-state index contributed by atoms with van der Waals surface area (Å²) in [5, 5.41) is 0. The van der Waals surface area contributed by atoms with Crippen molar-refractivity contribution in [3.05, 3.63) is 35.4 Å². The molecule has 2 atom stereocenters. The summed E-state index contributed by atoms with van der Waals surface area (Å²) in [6.45, 7) is 15.7. The Balaban J connectivity index is 1.55. The van der Waals surface area contributed by atoms with Gasteiger partial charge in [-0.25, -0.2) is 9.79 Å². The zero-order valence-corrected chi connectivity index (χ0v) is 20.2. The molecule has 2 saturated heterocycles.